The van der Waals surface area contributed by atoms with E-state index in [-0.39, 0.29) is 42.2 Å². The number of amides is 2. The van der Waals surface area contributed by atoms with Crippen molar-refractivity contribution in [3.8, 4) is 28.4 Å². The average molecular weight is 553 g/mol. The van der Waals surface area contributed by atoms with Gasteiger partial charge in [0.15, 0.2) is 11.5 Å². The van der Waals surface area contributed by atoms with Crippen molar-refractivity contribution >= 4 is 29.4 Å². The zero-order valence-electron chi connectivity index (χ0n) is 22.0. The van der Waals surface area contributed by atoms with Crippen LogP contribution in [0.1, 0.15) is 34.8 Å². The van der Waals surface area contributed by atoms with E-state index >= 15 is 0 Å². The Hall–Kier alpha value is -4.24. The van der Waals surface area contributed by atoms with Gasteiger partial charge in [0.1, 0.15) is 12.4 Å². The Morgan fingerprint density at radius 2 is 1.80 bits per heavy atom. The van der Waals surface area contributed by atoms with Gasteiger partial charge in [0.05, 0.1) is 22.4 Å². The third kappa shape index (κ3) is 4.60. The molecular formula is C31H28N4O4S. The van der Waals surface area contributed by atoms with E-state index in [1.54, 1.807) is 4.90 Å². The Morgan fingerprint density at radius 3 is 2.58 bits per heavy atom. The molecule has 0 spiro atoms. The molecule has 1 N–H and O–H groups in total. The van der Waals surface area contributed by atoms with E-state index in [1.807, 2.05) is 84.4 Å². The van der Waals surface area contributed by atoms with E-state index in [1.165, 1.54) is 11.8 Å². The van der Waals surface area contributed by atoms with Gasteiger partial charge in [-0.05, 0) is 49.6 Å². The van der Waals surface area contributed by atoms with Crippen LogP contribution in [0, 0.1) is 6.92 Å². The number of rotatable bonds is 6. The fraction of sp³-hybridized carbons (Fsp3) is 0.258. The Balaban J connectivity index is 1.45. The molecule has 1 fully saturated rings. The van der Waals surface area contributed by atoms with Gasteiger partial charge < -0.3 is 14.8 Å². The van der Waals surface area contributed by atoms with Gasteiger partial charge in [0.25, 0.3) is 0 Å². The van der Waals surface area contributed by atoms with Crippen LogP contribution in [0.5, 0.6) is 11.5 Å². The third-order valence-electron chi connectivity index (χ3n) is 7.36. The van der Waals surface area contributed by atoms with Crippen LogP contribution >= 0.6 is 11.8 Å². The van der Waals surface area contributed by atoms with Gasteiger partial charge in [0, 0.05) is 17.2 Å². The lowest BCUT2D eigenvalue weighted by atomic mass is 9.99. The second-order valence-electron chi connectivity index (χ2n) is 10.3. The molecule has 2 amide bonds. The van der Waals surface area contributed by atoms with Crippen LogP contribution in [-0.4, -0.2) is 46.7 Å². The molecule has 0 saturated heterocycles. The first-order valence-corrected chi connectivity index (χ1v) is 14.5. The number of fused-ring (bicyclic) bond motifs is 2. The summed E-state index contributed by atoms with van der Waals surface area (Å²) in [6.45, 7) is 2.15. The summed E-state index contributed by atoms with van der Waals surface area (Å²) >= 11 is 1.54. The summed E-state index contributed by atoms with van der Waals surface area (Å²) in [7, 11) is 0. The lowest BCUT2D eigenvalue weighted by Crippen LogP contribution is -2.43. The lowest BCUT2D eigenvalue weighted by molar-refractivity contribution is -0.123. The number of anilines is 1. The molecule has 7 rings (SSSR count). The number of nitrogens with zero attached hydrogens (tertiary/aromatic N) is 3. The van der Waals surface area contributed by atoms with Crippen molar-refractivity contribution in [1.82, 2.24) is 15.1 Å². The monoisotopic (exact) mass is 552 g/mol. The van der Waals surface area contributed by atoms with Crippen LogP contribution in [0.15, 0.2) is 72.8 Å². The number of hydrogen-bond donors (Lipinski definition) is 1. The highest BCUT2D eigenvalue weighted by Crippen LogP contribution is 2.50. The normalized spacial score (nSPS) is 17.9. The van der Waals surface area contributed by atoms with Gasteiger partial charge in [-0.15, -0.1) is 11.8 Å². The predicted molar refractivity (Wildman–Crippen MR) is 154 cm³/mol. The summed E-state index contributed by atoms with van der Waals surface area (Å²) in [6, 6.07) is 24.2. The van der Waals surface area contributed by atoms with Crippen molar-refractivity contribution < 1.29 is 19.1 Å². The van der Waals surface area contributed by atoms with Gasteiger partial charge in [-0.2, -0.15) is 5.10 Å². The molecule has 202 valence electrons. The van der Waals surface area contributed by atoms with E-state index < -0.39 is 0 Å². The molecule has 0 bridgehead atoms. The molecule has 4 aromatic rings. The van der Waals surface area contributed by atoms with Crippen LogP contribution in [0.2, 0.25) is 0 Å². The smallest absolute Gasteiger partial charge is 0.240 e. The Kier molecular flexibility index (Phi) is 6.23. The summed E-state index contributed by atoms with van der Waals surface area (Å²) in [6.07, 6.45) is 1.96. The number of carbonyl (C=O) groups excluding carboxylic acids is 2. The molecule has 1 saturated carbocycles. The van der Waals surface area contributed by atoms with Gasteiger partial charge in [-0.1, -0.05) is 54.1 Å². The fourth-order valence-electron chi connectivity index (χ4n) is 5.18. The highest BCUT2D eigenvalue weighted by molar-refractivity contribution is 8.00. The summed E-state index contributed by atoms with van der Waals surface area (Å²) < 4.78 is 13.1. The predicted octanol–water partition coefficient (Wildman–Crippen LogP) is 5.02. The van der Waals surface area contributed by atoms with Gasteiger partial charge in [0.2, 0.25) is 18.6 Å². The van der Waals surface area contributed by atoms with Crippen LogP contribution in [0.4, 0.5) is 5.82 Å². The second kappa shape index (κ2) is 10.1. The van der Waals surface area contributed by atoms with E-state index in [0.717, 1.165) is 46.5 Å². The van der Waals surface area contributed by atoms with Gasteiger partial charge in [-0.3, -0.25) is 14.5 Å². The zero-order valence-corrected chi connectivity index (χ0v) is 22.8. The molecular weight excluding hydrogens is 524 g/mol. The molecule has 1 atom stereocenters. The molecule has 8 nitrogen and oxygen atoms in total. The summed E-state index contributed by atoms with van der Waals surface area (Å²) in [4.78, 5) is 28.5. The Morgan fingerprint density at radius 1 is 1.02 bits per heavy atom. The molecule has 9 heteroatoms. The molecule has 3 aromatic carbocycles. The van der Waals surface area contributed by atoms with Crippen LogP contribution in [-0.2, 0) is 9.59 Å². The number of aromatic nitrogens is 2. The summed E-state index contributed by atoms with van der Waals surface area (Å²) in [5.74, 6) is 1.93. The highest BCUT2D eigenvalue weighted by atomic mass is 32.2. The highest BCUT2D eigenvalue weighted by Gasteiger charge is 2.38. The first kappa shape index (κ1) is 24.8. The molecule has 2 aliphatic heterocycles. The third-order valence-corrected chi connectivity index (χ3v) is 8.61. The Labute approximate surface area is 236 Å². The van der Waals surface area contributed by atoms with Crippen molar-refractivity contribution in [1.29, 1.82) is 0 Å². The van der Waals surface area contributed by atoms with Crippen LogP contribution in [0.25, 0.3) is 16.9 Å². The first-order chi connectivity index (χ1) is 19.5. The van der Waals surface area contributed by atoms with Crippen LogP contribution in [0.3, 0.4) is 0 Å². The molecule has 0 radical (unpaired) electrons. The minimum absolute atomic E-state index is 0.0669. The largest absolute Gasteiger partial charge is 0.454 e. The van der Waals surface area contributed by atoms with E-state index in [4.69, 9.17) is 14.6 Å². The van der Waals surface area contributed by atoms with Crippen molar-refractivity contribution in [2.75, 3.05) is 24.0 Å². The van der Waals surface area contributed by atoms with E-state index in [9.17, 15) is 9.59 Å². The maximum absolute atomic E-state index is 13.8. The van der Waals surface area contributed by atoms with Crippen molar-refractivity contribution in [3.05, 3.63) is 89.5 Å². The number of nitrogens with one attached hydrogen (secondary N) is 1. The van der Waals surface area contributed by atoms with E-state index in [2.05, 4.69) is 5.32 Å². The lowest BCUT2D eigenvalue weighted by Gasteiger charge is -2.23. The first-order valence-electron chi connectivity index (χ1n) is 13.4. The number of hydrogen-bond acceptors (Lipinski definition) is 6. The topological polar surface area (TPSA) is 85.7 Å². The minimum atomic E-state index is -0.237. The van der Waals surface area contributed by atoms with Crippen molar-refractivity contribution in [3.63, 3.8) is 0 Å². The van der Waals surface area contributed by atoms with Crippen molar-refractivity contribution in [2.24, 2.45) is 0 Å². The Bertz CT molecular complexity index is 1600. The standard InChI is InChI=1S/C31H28N4O4S/c1-19-7-12-23(13-8-19)35-31-28(29(33-35)20-5-3-2-4-6-20)30(21-9-14-24-25(15-21)39-18-38-24)40-17-27(37)34(31)16-26(36)32-22-10-11-22/h2-9,12-15,22,30H,10-11,16-18H2,1H3,(H,32,36)/t30-/m0/s1. The quantitative estimate of drug-likeness (QED) is 0.361. The summed E-state index contributed by atoms with van der Waals surface area (Å²) in [5.41, 5.74) is 5.52. The molecule has 40 heavy (non-hydrogen) atoms. The maximum atomic E-state index is 13.8. The molecule has 1 aromatic heterocycles. The van der Waals surface area contributed by atoms with Gasteiger partial charge >= 0.3 is 0 Å². The summed E-state index contributed by atoms with van der Waals surface area (Å²) in [5, 5.41) is 7.95. The van der Waals surface area contributed by atoms with E-state index in [0.29, 0.717) is 17.3 Å². The zero-order chi connectivity index (χ0) is 27.2. The molecule has 3 aliphatic rings. The number of thioether (sulfide) groups is 1. The number of aryl methyl sites for hydroxylation is 1. The number of carbonyl (C=O) groups is 2. The average Bonchev–Trinajstić information content (AvgIpc) is 3.54. The SMILES string of the molecule is Cc1ccc(-n2nc(-c3ccccc3)c3c2N(CC(=O)NC2CC2)C(=O)CS[C@H]3c2ccc3c(c2)OCO3)cc1. The number of benzene rings is 3. The van der Waals surface area contributed by atoms with Gasteiger partial charge in [-0.25, -0.2) is 4.68 Å². The molecule has 0 unspecified atom stereocenters. The second-order valence-corrected chi connectivity index (χ2v) is 11.4. The minimum Gasteiger partial charge on any atom is -0.454 e. The molecule has 1 aliphatic carbocycles. The van der Waals surface area contributed by atoms with Crippen molar-refractivity contribution in [2.45, 2.75) is 31.1 Å². The van der Waals surface area contributed by atoms with Crippen LogP contribution < -0.4 is 19.7 Å². The fourth-order valence-corrected chi connectivity index (χ4v) is 6.37. The molecule has 3 heterocycles. The maximum Gasteiger partial charge on any atom is 0.240 e. The number of ether oxygens (including phenoxy) is 2.